The summed E-state index contributed by atoms with van der Waals surface area (Å²) in [4.78, 5) is 0. The highest BCUT2D eigenvalue weighted by atomic mass is 35.5. The van der Waals surface area contributed by atoms with E-state index in [1.807, 2.05) is 49.4 Å². The van der Waals surface area contributed by atoms with Crippen LogP contribution in [0.3, 0.4) is 0 Å². The molecule has 2 unspecified atom stereocenters. The number of hydrogen-bond donors (Lipinski definition) is 2. The number of halogens is 1. The van der Waals surface area contributed by atoms with Gasteiger partial charge in [0.25, 0.3) is 0 Å². The average molecular weight is 331 g/mol. The largest absolute Gasteiger partial charge is 0.479 e. The lowest BCUT2D eigenvalue weighted by molar-refractivity contribution is 0.171. The summed E-state index contributed by atoms with van der Waals surface area (Å²) >= 11 is 5.84. The van der Waals surface area contributed by atoms with Crippen LogP contribution < -0.4 is 10.1 Å². The highest BCUT2D eigenvalue weighted by Gasteiger charge is 2.10. The number of ether oxygens (including phenoxy) is 1. The van der Waals surface area contributed by atoms with E-state index in [0.717, 1.165) is 11.1 Å². The lowest BCUT2D eigenvalue weighted by Crippen LogP contribution is -2.24. The first-order chi connectivity index (χ1) is 11.1. The van der Waals surface area contributed by atoms with Crippen LogP contribution in [0.15, 0.2) is 48.5 Å². The van der Waals surface area contributed by atoms with Crippen LogP contribution in [0.4, 0.5) is 0 Å². The predicted molar refractivity (Wildman–Crippen MR) is 90.4 cm³/mol. The van der Waals surface area contributed by atoms with Crippen LogP contribution in [0.5, 0.6) is 5.75 Å². The summed E-state index contributed by atoms with van der Waals surface area (Å²) in [6.45, 7) is 2.51. The molecule has 2 N–H and O–H groups in total. The molecular formula is C18H19ClN2O2. The monoisotopic (exact) mass is 330 g/mol. The van der Waals surface area contributed by atoms with Gasteiger partial charge in [0.2, 0.25) is 0 Å². The van der Waals surface area contributed by atoms with E-state index in [2.05, 4.69) is 5.32 Å². The Balaban J connectivity index is 1.87. The smallest absolute Gasteiger partial charge is 0.174 e. The quantitative estimate of drug-likeness (QED) is 0.813. The van der Waals surface area contributed by atoms with Crippen molar-refractivity contribution >= 4 is 11.6 Å². The van der Waals surface area contributed by atoms with Gasteiger partial charge in [0.05, 0.1) is 6.10 Å². The van der Waals surface area contributed by atoms with Gasteiger partial charge in [-0.25, -0.2) is 0 Å². The summed E-state index contributed by atoms with van der Waals surface area (Å²) in [5, 5.41) is 22.6. The van der Waals surface area contributed by atoms with Crippen LogP contribution in [0.2, 0.25) is 5.02 Å². The van der Waals surface area contributed by atoms with E-state index < -0.39 is 6.10 Å². The SMILES string of the molecule is CC(NCC(O)c1ccc(Cl)cc1)c1ccc(OCC#N)cc1. The molecule has 0 aliphatic heterocycles. The van der Waals surface area contributed by atoms with Crippen molar-refractivity contribution in [3.63, 3.8) is 0 Å². The van der Waals surface area contributed by atoms with E-state index in [4.69, 9.17) is 21.6 Å². The number of aliphatic hydroxyl groups is 1. The lowest BCUT2D eigenvalue weighted by Gasteiger charge is -2.18. The highest BCUT2D eigenvalue weighted by molar-refractivity contribution is 6.30. The highest BCUT2D eigenvalue weighted by Crippen LogP contribution is 2.20. The maximum atomic E-state index is 10.2. The summed E-state index contributed by atoms with van der Waals surface area (Å²) in [5.41, 5.74) is 1.91. The van der Waals surface area contributed by atoms with E-state index in [0.29, 0.717) is 17.3 Å². The summed E-state index contributed by atoms with van der Waals surface area (Å²) in [6, 6.07) is 16.7. The Morgan fingerprint density at radius 1 is 1.13 bits per heavy atom. The van der Waals surface area contributed by atoms with Gasteiger partial charge in [-0.15, -0.1) is 0 Å². The molecule has 0 aromatic heterocycles. The zero-order chi connectivity index (χ0) is 16.7. The maximum Gasteiger partial charge on any atom is 0.174 e. The molecule has 0 radical (unpaired) electrons. The second kappa shape index (κ2) is 8.54. The van der Waals surface area contributed by atoms with Crippen LogP contribution in [0.1, 0.15) is 30.2 Å². The molecule has 2 aromatic carbocycles. The number of nitrogens with zero attached hydrogens (tertiary/aromatic N) is 1. The van der Waals surface area contributed by atoms with Crippen molar-refractivity contribution in [3.8, 4) is 11.8 Å². The topological polar surface area (TPSA) is 65.3 Å². The summed E-state index contributed by atoms with van der Waals surface area (Å²) < 4.78 is 5.22. The average Bonchev–Trinajstić information content (AvgIpc) is 2.58. The number of aliphatic hydroxyl groups excluding tert-OH is 1. The van der Waals surface area contributed by atoms with E-state index in [1.165, 1.54) is 0 Å². The first-order valence-corrected chi connectivity index (χ1v) is 7.74. The molecule has 5 heteroatoms. The van der Waals surface area contributed by atoms with Crippen LogP contribution >= 0.6 is 11.6 Å². The van der Waals surface area contributed by atoms with Gasteiger partial charge in [-0.3, -0.25) is 0 Å². The molecule has 23 heavy (non-hydrogen) atoms. The summed E-state index contributed by atoms with van der Waals surface area (Å²) in [6.07, 6.45) is -0.590. The van der Waals surface area contributed by atoms with Crippen molar-refractivity contribution in [1.29, 1.82) is 5.26 Å². The first-order valence-electron chi connectivity index (χ1n) is 7.37. The number of nitriles is 1. The van der Waals surface area contributed by atoms with Gasteiger partial charge in [0.1, 0.15) is 11.8 Å². The van der Waals surface area contributed by atoms with Gasteiger partial charge < -0.3 is 15.2 Å². The van der Waals surface area contributed by atoms with E-state index in [9.17, 15) is 5.11 Å². The van der Waals surface area contributed by atoms with Crippen molar-refractivity contribution in [3.05, 3.63) is 64.7 Å². The fourth-order valence-corrected chi connectivity index (χ4v) is 2.30. The Morgan fingerprint density at radius 2 is 1.74 bits per heavy atom. The second-order valence-electron chi connectivity index (χ2n) is 5.21. The molecule has 0 heterocycles. The Bertz CT molecular complexity index is 650. The Kier molecular flexibility index (Phi) is 6.42. The van der Waals surface area contributed by atoms with Gasteiger partial charge >= 0.3 is 0 Å². The molecule has 2 aromatic rings. The third kappa shape index (κ3) is 5.26. The number of hydrogen-bond acceptors (Lipinski definition) is 4. The fourth-order valence-electron chi connectivity index (χ4n) is 2.18. The molecule has 0 aliphatic carbocycles. The van der Waals surface area contributed by atoms with Crippen molar-refractivity contribution in [2.45, 2.75) is 19.1 Å². The molecule has 0 bridgehead atoms. The van der Waals surface area contributed by atoms with Gasteiger partial charge in [-0.05, 0) is 42.3 Å². The van der Waals surface area contributed by atoms with Crippen LogP contribution in [0.25, 0.3) is 0 Å². The van der Waals surface area contributed by atoms with Crippen LogP contribution in [-0.4, -0.2) is 18.3 Å². The molecule has 4 nitrogen and oxygen atoms in total. The summed E-state index contributed by atoms with van der Waals surface area (Å²) in [5.74, 6) is 0.670. The molecule has 2 atom stereocenters. The first kappa shape index (κ1) is 17.3. The minimum absolute atomic E-state index is 0.0421. The Morgan fingerprint density at radius 3 is 2.35 bits per heavy atom. The number of nitrogens with one attached hydrogen (secondary N) is 1. The molecule has 0 spiro atoms. The van der Waals surface area contributed by atoms with Crippen LogP contribution in [-0.2, 0) is 0 Å². The minimum atomic E-state index is -0.590. The minimum Gasteiger partial charge on any atom is -0.479 e. The lowest BCUT2D eigenvalue weighted by atomic mass is 10.1. The number of rotatable bonds is 7. The predicted octanol–water partition coefficient (Wildman–Crippen LogP) is 3.63. The Hall–Kier alpha value is -2.06. The maximum absolute atomic E-state index is 10.2. The van der Waals surface area contributed by atoms with E-state index in [-0.39, 0.29) is 12.6 Å². The molecular weight excluding hydrogens is 312 g/mol. The molecule has 0 saturated carbocycles. The normalized spacial score (nSPS) is 13.1. The van der Waals surface area contributed by atoms with Crippen molar-refractivity contribution in [2.75, 3.05) is 13.2 Å². The van der Waals surface area contributed by atoms with Crippen LogP contribution in [0, 0.1) is 11.3 Å². The van der Waals surface area contributed by atoms with E-state index >= 15 is 0 Å². The zero-order valence-electron chi connectivity index (χ0n) is 12.9. The zero-order valence-corrected chi connectivity index (χ0v) is 13.6. The van der Waals surface area contributed by atoms with E-state index in [1.54, 1.807) is 12.1 Å². The van der Waals surface area contributed by atoms with Crippen molar-refractivity contribution in [1.82, 2.24) is 5.32 Å². The molecule has 0 fully saturated rings. The molecule has 120 valence electrons. The molecule has 0 saturated heterocycles. The third-order valence-electron chi connectivity index (χ3n) is 3.56. The fraction of sp³-hybridized carbons (Fsp3) is 0.278. The molecule has 0 amide bonds. The van der Waals surface area contributed by atoms with Crippen molar-refractivity contribution in [2.24, 2.45) is 0 Å². The standard InChI is InChI=1S/C18H19ClN2O2/c1-13(14-4-8-17(9-5-14)23-11-10-20)21-12-18(22)15-2-6-16(19)7-3-15/h2-9,13,18,21-22H,11-12H2,1H3. The number of benzene rings is 2. The van der Waals surface area contributed by atoms with Gasteiger partial charge in [0, 0.05) is 17.6 Å². The van der Waals surface area contributed by atoms with Gasteiger partial charge in [-0.1, -0.05) is 35.9 Å². The third-order valence-corrected chi connectivity index (χ3v) is 3.81. The van der Waals surface area contributed by atoms with Crippen molar-refractivity contribution < 1.29 is 9.84 Å². The van der Waals surface area contributed by atoms with Gasteiger partial charge in [0.15, 0.2) is 6.61 Å². The second-order valence-corrected chi connectivity index (χ2v) is 5.65. The van der Waals surface area contributed by atoms with Gasteiger partial charge in [-0.2, -0.15) is 5.26 Å². The Labute approximate surface area is 141 Å². The molecule has 2 rings (SSSR count). The molecule has 0 aliphatic rings. The summed E-state index contributed by atoms with van der Waals surface area (Å²) in [7, 11) is 0.